The van der Waals surface area contributed by atoms with Gasteiger partial charge in [0.25, 0.3) is 0 Å². The Bertz CT molecular complexity index is 586. The molecule has 0 heterocycles. The van der Waals surface area contributed by atoms with Gasteiger partial charge in [-0.05, 0) is 24.3 Å². The van der Waals surface area contributed by atoms with Crippen molar-refractivity contribution in [3.05, 3.63) is 35.9 Å². The Labute approximate surface area is 137 Å². The lowest BCUT2D eigenvalue weighted by molar-refractivity contribution is -0.139. The lowest BCUT2D eigenvalue weighted by Gasteiger charge is -2.20. The number of benzene rings is 1. The summed E-state index contributed by atoms with van der Waals surface area (Å²) in [6, 6.07) is 8.30. The molecular formula is C16H25NO5S. The van der Waals surface area contributed by atoms with Crippen LogP contribution in [0.2, 0.25) is 0 Å². The zero-order valence-corrected chi connectivity index (χ0v) is 14.5. The van der Waals surface area contributed by atoms with E-state index in [4.69, 9.17) is 9.84 Å². The van der Waals surface area contributed by atoms with Gasteiger partial charge in [0.15, 0.2) is 0 Å². The fourth-order valence-electron chi connectivity index (χ4n) is 2.27. The molecule has 0 radical (unpaired) electrons. The number of carboxylic acids is 1. The lowest BCUT2D eigenvalue weighted by atomic mass is 10.1. The highest BCUT2D eigenvalue weighted by molar-refractivity contribution is 7.89. The summed E-state index contributed by atoms with van der Waals surface area (Å²) in [4.78, 5) is 11.2. The van der Waals surface area contributed by atoms with Crippen molar-refractivity contribution in [2.45, 2.75) is 38.8 Å². The smallest absolute Gasteiger partial charge is 0.321 e. The molecule has 1 aromatic rings. The predicted molar refractivity (Wildman–Crippen MR) is 88.7 cm³/mol. The zero-order valence-electron chi connectivity index (χ0n) is 13.7. The average molecular weight is 343 g/mol. The summed E-state index contributed by atoms with van der Waals surface area (Å²) >= 11 is 0. The van der Waals surface area contributed by atoms with Crippen LogP contribution in [0.15, 0.2) is 30.3 Å². The van der Waals surface area contributed by atoms with Gasteiger partial charge in [-0.1, -0.05) is 44.2 Å². The van der Waals surface area contributed by atoms with E-state index in [1.54, 1.807) is 0 Å². The molecule has 0 spiro atoms. The van der Waals surface area contributed by atoms with Gasteiger partial charge in [0.2, 0.25) is 10.0 Å². The molecule has 1 unspecified atom stereocenters. The van der Waals surface area contributed by atoms with Crippen molar-refractivity contribution in [3.8, 4) is 0 Å². The third-order valence-electron chi connectivity index (χ3n) is 3.37. The standard InChI is InChI=1S/C16H25NO5S/c1-12(2)9-15(16(18)19)17-23(20,21)11-14(22-3)10-13-7-5-4-6-8-13/h4-8,12,14-15,17H,9-11H2,1-3H3,(H,18,19)/t14?,15-/m1/s1. The first-order valence-corrected chi connectivity index (χ1v) is 9.18. The van der Waals surface area contributed by atoms with Crippen LogP contribution in [0.1, 0.15) is 25.8 Å². The maximum absolute atomic E-state index is 12.2. The van der Waals surface area contributed by atoms with E-state index >= 15 is 0 Å². The number of aliphatic carboxylic acids is 1. The van der Waals surface area contributed by atoms with Gasteiger partial charge in [-0.15, -0.1) is 0 Å². The van der Waals surface area contributed by atoms with Crippen LogP contribution in [-0.2, 0) is 26.0 Å². The first-order chi connectivity index (χ1) is 10.7. The average Bonchev–Trinajstić information content (AvgIpc) is 2.45. The van der Waals surface area contributed by atoms with Crippen molar-refractivity contribution in [3.63, 3.8) is 0 Å². The highest BCUT2D eigenvalue weighted by Crippen LogP contribution is 2.10. The van der Waals surface area contributed by atoms with Crippen LogP contribution in [0.5, 0.6) is 0 Å². The maximum Gasteiger partial charge on any atom is 0.321 e. The molecule has 0 aliphatic carbocycles. The van der Waals surface area contributed by atoms with Crippen molar-refractivity contribution in [2.24, 2.45) is 5.92 Å². The first kappa shape index (κ1) is 19.6. The zero-order chi connectivity index (χ0) is 17.5. The number of rotatable bonds is 10. The SMILES string of the molecule is COC(Cc1ccccc1)CS(=O)(=O)N[C@H](CC(C)C)C(=O)O. The molecule has 0 bridgehead atoms. The third kappa shape index (κ3) is 7.58. The van der Waals surface area contributed by atoms with Crippen LogP contribution in [0.25, 0.3) is 0 Å². The van der Waals surface area contributed by atoms with E-state index < -0.39 is 28.1 Å². The molecule has 0 aromatic heterocycles. The van der Waals surface area contributed by atoms with Crippen LogP contribution in [-0.4, -0.2) is 44.5 Å². The van der Waals surface area contributed by atoms with Crippen LogP contribution in [0, 0.1) is 5.92 Å². The summed E-state index contributed by atoms with van der Waals surface area (Å²) < 4.78 is 32.0. The molecule has 23 heavy (non-hydrogen) atoms. The number of carbonyl (C=O) groups is 1. The van der Waals surface area contributed by atoms with Gasteiger partial charge in [-0.2, -0.15) is 0 Å². The number of hydrogen-bond donors (Lipinski definition) is 2. The van der Waals surface area contributed by atoms with E-state index in [1.165, 1.54) is 7.11 Å². The highest BCUT2D eigenvalue weighted by atomic mass is 32.2. The molecular weight excluding hydrogens is 318 g/mol. The monoisotopic (exact) mass is 343 g/mol. The molecule has 1 aromatic carbocycles. The number of hydrogen-bond acceptors (Lipinski definition) is 4. The van der Waals surface area contributed by atoms with Crippen LogP contribution >= 0.6 is 0 Å². The molecule has 7 heteroatoms. The number of carboxylic acid groups (broad SMARTS) is 1. The molecule has 0 saturated heterocycles. The Morgan fingerprint density at radius 1 is 1.26 bits per heavy atom. The van der Waals surface area contributed by atoms with Crippen molar-refractivity contribution in [1.29, 1.82) is 0 Å². The Kier molecular flexibility index (Phi) is 7.67. The van der Waals surface area contributed by atoms with E-state index in [-0.39, 0.29) is 18.1 Å². The Balaban J connectivity index is 2.72. The second kappa shape index (κ2) is 9.00. The largest absolute Gasteiger partial charge is 0.480 e. The molecule has 130 valence electrons. The van der Waals surface area contributed by atoms with E-state index in [0.29, 0.717) is 6.42 Å². The molecule has 6 nitrogen and oxygen atoms in total. The molecule has 0 aliphatic heterocycles. The predicted octanol–water partition coefficient (Wildman–Crippen LogP) is 1.66. The number of ether oxygens (including phenoxy) is 1. The second-order valence-corrected chi connectivity index (χ2v) is 7.77. The van der Waals surface area contributed by atoms with Gasteiger partial charge in [0.1, 0.15) is 6.04 Å². The highest BCUT2D eigenvalue weighted by Gasteiger charge is 2.27. The van der Waals surface area contributed by atoms with E-state index in [0.717, 1.165) is 5.56 Å². The third-order valence-corrected chi connectivity index (χ3v) is 4.83. The van der Waals surface area contributed by atoms with Gasteiger partial charge in [0.05, 0.1) is 11.9 Å². The van der Waals surface area contributed by atoms with Crippen molar-refractivity contribution in [2.75, 3.05) is 12.9 Å². The minimum absolute atomic E-state index is 0.0707. The molecule has 1 rings (SSSR count). The molecule has 0 aliphatic rings. The van der Waals surface area contributed by atoms with E-state index in [1.807, 2.05) is 44.2 Å². The van der Waals surface area contributed by atoms with Crippen molar-refractivity contribution < 1.29 is 23.1 Å². The Morgan fingerprint density at radius 2 is 1.87 bits per heavy atom. The topological polar surface area (TPSA) is 92.7 Å². The first-order valence-electron chi connectivity index (χ1n) is 7.53. The van der Waals surface area contributed by atoms with Gasteiger partial charge >= 0.3 is 5.97 Å². The summed E-state index contributed by atoms with van der Waals surface area (Å²) in [6.45, 7) is 3.69. The molecule has 0 saturated carbocycles. The Morgan fingerprint density at radius 3 is 2.35 bits per heavy atom. The van der Waals surface area contributed by atoms with Crippen molar-refractivity contribution >= 4 is 16.0 Å². The van der Waals surface area contributed by atoms with Crippen LogP contribution < -0.4 is 4.72 Å². The molecule has 2 atom stereocenters. The van der Waals surface area contributed by atoms with Gasteiger partial charge in [0, 0.05) is 7.11 Å². The second-order valence-electron chi connectivity index (χ2n) is 5.97. The van der Waals surface area contributed by atoms with E-state index in [2.05, 4.69) is 4.72 Å². The van der Waals surface area contributed by atoms with Gasteiger partial charge in [-0.3, -0.25) is 4.79 Å². The van der Waals surface area contributed by atoms with E-state index in [9.17, 15) is 13.2 Å². The molecule has 0 amide bonds. The summed E-state index contributed by atoms with van der Waals surface area (Å²) in [5, 5.41) is 9.15. The molecule has 2 N–H and O–H groups in total. The molecule has 0 fully saturated rings. The summed E-state index contributed by atoms with van der Waals surface area (Å²) in [6.07, 6.45) is 0.147. The van der Waals surface area contributed by atoms with Crippen molar-refractivity contribution in [1.82, 2.24) is 4.72 Å². The number of methoxy groups -OCH3 is 1. The number of nitrogens with one attached hydrogen (secondary N) is 1. The fourth-order valence-corrected chi connectivity index (χ4v) is 3.74. The number of sulfonamides is 1. The lowest BCUT2D eigenvalue weighted by Crippen LogP contribution is -2.44. The fraction of sp³-hybridized carbons (Fsp3) is 0.562. The summed E-state index contributed by atoms with van der Waals surface area (Å²) in [7, 11) is -2.31. The minimum Gasteiger partial charge on any atom is -0.480 e. The van der Waals surface area contributed by atoms with Crippen LogP contribution in [0.4, 0.5) is 0 Å². The summed E-state index contributed by atoms with van der Waals surface area (Å²) in [5.41, 5.74) is 0.964. The Hall–Kier alpha value is -1.44. The quantitative estimate of drug-likeness (QED) is 0.674. The normalized spacial score (nSPS) is 14.6. The van der Waals surface area contributed by atoms with Gasteiger partial charge < -0.3 is 9.84 Å². The van der Waals surface area contributed by atoms with Gasteiger partial charge in [-0.25, -0.2) is 13.1 Å². The van der Waals surface area contributed by atoms with Crippen LogP contribution in [0.3, 0.4) is 0 Å². The minimum atomic E-state index is -3.76. The summed E-state index contributed by atoms with van der Waals surface area (Å²) in [5.74, 6) is -1.37. The maximum atomic E-state index is 12.2.